The Kier molecular flexibility index (Phi) is 12.3. The first kappa shape index (κ1) is 19.0. The second kappa shape index (κ2) is 13.6. The van der Waals surface area contributed by atoms with E-state index in [1.54, 1.807) is 0 Å². The summed E-state index contributed by atoms with van der Waals surface area (Å²) >= 11 is 0. The van der Waals surface area contributed by atoms with Crippen LogP contribution in [0.15, 0.2) is 0 Å². The number of rotatable bonds is 12. The highest BCUT2D eigenvalue weighted by atomic mass is 16.5. The van der Waals surface area contributed by atoms with Crippen LogP contribution < -0.4 is 0 Å². The molecule has 21 heavy (non-hydrogen) atoms. The first-order valence-corrected chi connectivity index (χ1v) is 9.70. The lowest BCUT2D eigenvalue weighted by atomic mass is 9.99. The van der Waals surface area contributed by atoms with Gasteiger partial charge in [0, 0.05) is 25.7 Å². The molecule has 0 bridgehead atoms. The quantitative estimate of drug-likeness (QED) is 0.447. The maximum absolute atomic E-state index is 5.63. The van der Waals surface area contributed by atoms with Gasteiger partial charge >= 0.3 is 0 Å². The number of hydrogen-bond acceptors (Lipinski definition) is 2. The molecule has 1 aliphatic rings. The summed E-state index contributed by atoms with van der Waals surface area (Å²) in [6, 6.07) is 0.824. The Labute approximate surface area is 133 Å². The Morgan fingerprint density at radius 1 is 0.762 bits per heavy atom. The van der Waals surface area contributed by atoms with Crippen LogP contribution in [0.2, 0.25) is 0 Å². The largest absolute Gasteiger partial charge is 0.380 e. The van der Waals surface area contributed by atoms with Crippen molar-refractivity contribution in [3.05, 3.63) is 0 Å². The maximum atomic E-state index is 5.63. The Balaban J connectivity index is 2.29. The van der Waals surface area contributed by atoms with Gasteiger partial charge in [-0.2, -0.15) is 0 Å². The van der Waals surface area contributed by atoms with Crippen molar-refractivity contribution in [3.8, 4) is 0 Å². The maximum Gasteiger partial charge on any atom is 0.0593 e. The highest BCUT2D eigenvalue weighted by Crippen LogP contribution is 2.19. The molecule has 0 aromatic rings. The molecule has 2 heteroatoms. The minimum absolute atomic E-state index is 0.824. The molecule has 2 nitrogen and oxygen atoms in total. The third kappa shape index (κ3) is 9.52. The van der Waals surface area contributed by atoms with Crippen molar-refractivity contribution in [2.45, 2.75) is 96.9 Å². The van der Waals surface area contributed by atoms with Gasteiger partial charge in [-0.1, -0.05) is 71.6 Å². The molecule has 1 atom stereocenters. The average Bonchev–Trinajstić information content (AvgIpc) is 2.78. The van der Waals surface area contributed by atoms with E-state index in [4.69, 9.17) is 4.74 Å². The normalized spacial score (nSPS) is 18.6. The molecule has 0 spiro atoms. The molecule has 1 fully saturated rings. The van der Waals surface area contributed by atoms with E-state index in [0.717, 1.165) is 25.8 Å². The number of unbranched alkanes of at least 4 members (excludes halogenated alkanes) is 7. The summed E-state index contributed by atoms with van der Waals surface area (Å²) in [4.78, 5) is 2.73. The third-order valence-electron chi connectivity index (χ3n) is 4.81. The molecule has 0 aromatic heterocycles. The van der Waals surface area contributed by atoms with E-state index in [9.17, 15) is 0 Å². The Hall–Kier alpha value is -0.0800. The van der Waals surface area contributed by atoms with Crippen LogP contribution in [0, 0.1) is 0 Å². The summed E-state index contributed by atoms with van der Waals surface area (Å²) in [6.45, 7) is 8.93. The van der Waals surface area contributed by atoms with E-state index in [1.165, 1.54) is 83.6 Å². The first-order valence-electron chi connectivity index (χ1n) is 9.70. The molecule has 1 aliphatic heterocycles. The lowest BCUT2D eigenvalue weighted by Gasteiger charge is -2.30. The Morgan fingerprint density at radius 3 is 2.05 bits per heavy atom. The lowest BCUT2D eigenvalue weighted by molar-refractivity contribution is 0.125. The highest BCUT2D eigenvalue weighted by Gasteiger charge is 2.19. The predicted octanol–water partition coefficient (Wildman–Crippen LogP) is 5.41. The van der Waals surface area contributed by atoms with Gasteiger partial charge in [0.25, 0.3) is 0 Å². The van der Waals surface area contributed by atoms with Crippen LogP contribution in [-0.4, -0.2) is 37.2 Å². The summed E-state index contributed by atoms with van der Waals surface area (Å²) in [7, 11) is 0. The van der Waals surface area contributed by atoms with Crippen molar-refractivity contribution < 1.29 is 4.74 Å². The topological polar surface area (TPSA) is 12.5 Å². The van der Waals surface area contributed by atoms with Gasteiger partial charge in [0.15, 0.2) is 0 Å². The fraction of sp³-hybridized carbons (Fsp3) is 1.00. The van der Waals surface area contributed by atoms with Crippen molar-refractivity contribution in [3.63, 3.8) is 0 Å². The van der Waals surface area contributed by atoms with Crippen molar-refractivity contribution in [1.82, 2.24) is 4.90 Å². The monoisotopic (exact) mass is 297 g/mol. The molecule has 0 N–H and O–H groups in total. The van der Waals surface area contributed by atoms with Crippen molar-refractivity contribution in [2.75, 3.05) is 26.3 Å². The summed E-state index contributed by atoms with van der Waals surface area (Å²) in [5.41, 5.74) is 0. The van der Waals surface area contributed by atoms with E-state index in [1.807, 2.05) is 0 Å². The molecule has 0 saturated carbocycles. The predicted molar refractivity (Wildman–Crippen MR) is 92.9 cm³/mol. The van der Waals surface area contributed by atoms with Crippen LogP contribution >= 0.6 is 0 Å². The van der Waals surface area contributed by atoms with Gasteiger partial charge in [-0.05, 0) is 19.3 Å². The molecular weight excluding hydrogens is 258 g/mol. The fourth-order valence-corrected chi connectivity index (χ4v) is 3.43. The van der Waals surface area contributed by atoms with Gasteiger partial charge in [0.05, 0.1) is 6.61 Å². The standard InChI is InChI=1S/C19H39NO/c1-3-5-7-9-11-14-19(13-10-8-6-4-2)20-15-12-17-21-18-16-20/h19H,3-18H2,1-2H3. The summed E-state index contributed by atoms with van der Waals surface area (Å²) in [6.07, 6.45) is 16.7. The number of hydrogen-bond donors (Lipinski definition) is 0. The van der Waals surface area contributed by atoms with Crippen molar-refractivity contribution in [2.24, 2.45) is 0 Å². The summed E-state index contributed by atoms with van der Waals surface area (Å²) < 4.78 is 5.63. The minimum Gasteiger partial charge on any atom is -0.380 e. The SMILES string of the molecule is CCCCCCCC(CCCCCC)N1CCCOCC1. The second-order valence-corrected chi connectivity index (χ2v) is 6.71. The van der Waals surface area contributed by atoms with Gasteiger partial charge in [0.2, 0.25) is 0 Å². The van der Waals surface area contributed by atoms with E-state index in [0.29, 0.717) is 0 Å². The van der Waals surface area contributed by atoms with Crippen LogP contribution in [0.3, 0.4) is 0 Å². The minimum atomic E-state index is 0.824. The third-order valence-corrected chi connectivity index (χ3v) is 4.81. The van der Waals surface area contributed by atoms with Crippen molar-refractivity contribution >= 4 is 0 Å². The number of nitrogens with zero attached hydrogens (tertiary/aromatic N) is 1. The smallest absolute Gasteiger partial charge is 0.0593 e. The van der Waals surface area contributed by atoms with Crippen LogP contribution in [-0.2, 0) is 4.74 Å². The molecule has 0 aromatic carbocycles. The lowest BCUT2D eigenvalue weighted by Crippen LogP contribution is -2.37. The first-order chi connectivity index (χ1) is 10.4. The van der Waals surface area contributed by atoms with Crippen molar-refractivity contribution in [1.29, 1.82) is 0 Å². The van der Waals surface area contributed by atoms with Gasteiger partial charge in [-0.3, -0.25) is 4.90 Å². The van der Waals surface area contributed by atoms with E-state index in [2.05, 4.69) is 18.7 Å². The van der Waals surface area contributed by atoms with Crippen LogP contribution in [0.1, 0.15) is 90.9 Å². The average molecular weight is 298 g/mol. The highest BCUT2D eigenvalue weighted by molar-refractivity contribution is 4.74. The van der Waals surface area contributed by atoms with Gasteiger partial charge < -0.3 is 4.74 Å². The van der Waals surface area contributed by atoms with E-state index >= 15 is 0 Å². The fourth-order valence-electron chi connectivity index (χ4n) is 3.43. The van der Waals surface area contributed by atoms with E-state index in [-0.39, 0.29) is 0 Å². The van der Waals surface area contributed by atoms with E-state index < -0.39 is 0 Å². The molecule has 1 heterocycles. The van der Waals surface area contributed by atoms with Gasteiger partial charge in [-0.25, -0.2) is 0 Å². The molecular formula is C19H39NO. The Morgan fingerprint density at radius 2 is 1.38 bits per heavy atom. The van der Waals surface area contributed by atoms with Crippen LogP contribution in [0.5, 0.6) is 0 Å². The molecule has 1 saturated heterocycles. The second-order valence-electron chi connectivity index (χ2n) is 6.71. The van der Waals surface area contributed by atoms with Gasteiger partial charge in [-0.15, -0.1) is 0 Å². The molecule has 0 aliphatic carbocycles. The zero-order chi connectivity index (χ0) is 15.2. The van der Waals surface area contributed by atoms with Crippen LogP contribution in [0.25, 0.3) is 0 Å². The zero-order valence-electron chi connectivity index (χ0n) is 14.7. The molecule has 126 valence electrons. The summed E-state index contributed by atoms with van der Waals surface area (Å²) in [5.74, 6) is 0. The summed E-state index contributed by atoms with van der Waals surface area (Å²) in [5, 5.41) is 0. The van der Waals surface area contributed by atoms with Crippen LogP contribution in [0.4, 0.5) is 0 Å². The number of ether oxygens (including phenoxy) is 1. The Bertz CT molecular complexity index is 212. The molecule has 1 rings (SSSR count). The zero-order valence-corrected chi connectivity index (χ0v) is 14.7. The molecule has 0 radical (unpaired) electrons. The molecule has 1 unspecified atom stereocenters. The molecule has 0 amide bonds. The van der Waals surface area contributed by atoms with Gasteiger partial charge in [0.1, 0.15) is 0 Å².